The topological polar surface area (TPSA) is 60.0 Å². The third kappa shape index (κ3) is 3.28. The number of rotatable bonds is 5. The van der Waals surface area contributed by atoms with Crippen LogP contribution in [0.5, 0.6) is 0 Å². The zero-order valence-corrected chi connectivity index (χ0v) is 12.1. The quantitative estimate of drug-likeness (QED) is 0.719. The minimum absolute atomic E-state index is 0.569. The van der Waals surface area contributed by atoms with E-state index in [1.807, 2.05) is 38.4 Å². The molecule has 0 bridgehead atoms. The van der Waals surface area contributed by atoms with E-state index in [1.165, 1.54) is 0 Å². The average Bonchev–Trinajstić information content (AvgIpc) is 3.09. The fraction of sp³-hybridized carbons (Fsp3) is 0.267. The van der Waals surface area contributed by atoms with Crippen molar-refractivity contribution in [3.05, 3.63) is 60.1 Å². The van der Waals surface area contributed by atoms with Crippen LogP contribution in [-0.2, 0) is 13.1 Å². The van der Waals surface area contributed by atoms with Crippen molar-refractivity contribution < 1.29 is 4.42 Å². The summed E-state index contributed by atoms with van der Waals surface area (Å²) in [4.78, 5) is 6.39. The zero-order valence-electron chi connectivity index (χ0n) is 12.1. The number of aryl methyl sites for hydroxylation is 1. The number of nitrogens with zero attached hydrogens (tertiary/aromatic N) is 5. The molecule has 6 heteroatoms. The lowest BCUT2D eigenvalue weighted by atomic mass is 10.3. The highest BCUT2D eigenvalue weighted by Crippen LogP contribution is 2.13. The van der Waals surface area contributed by atoms with E-state index in [2.05, 4.69) is 32.3 Å². The molecule has 21 heavy (non-hydrogen) atoms. The second-order valence-electron chi connectivity index (χ2n) is 4.96. The van der Waals surface area contributed by atoms with Gasteiger partial charge in [-0.15, -0.1) is 5.10 Å². The van der Waals surface area contributed by atoms with Gasteiger partial charge in [-0.2, -0.15) is 0 Å². The van der Waals surface area contributed by atoms with Crippen LogP contribution >= 0.6 is 0 Å². The maximum Gasteiger partial charge on any atom is 0.191 e. The normalized spacial score (nSPS) is 10.8. The highest BCUT2D eigenvalue weighted by atomic mass is 16.3. The first kappa shape index (κ1) is 13.4. The van der Waals surface area contributed by atoms with E-state index < -0.39 is 0 Å². The first-order valence-electron chi connectivity index (χ1n) is 6.77. The second-order valence-corrected chi connectivity index (χ2v) is 4.96. The number of anilines is 1. The minimum Gasteiger partial charge on any atom is -0.449 e. The molecule has 0 fully saturated rings. The lowest BCUT2D eigenvalue weighted by Crippen LogP contribution is -2.16. The Balaban J connectivity index is 1.65. The third-order valence-electron chi connectivity index (χ3n) is 3.17. The predicted molar refractivity (Wildman–Crippen MR) is 78.9 cm³/mol. The summed E-state index contributed by atoms with van der Waals surface area (Å²) in [6.45, 7) is 3.10. The smallest absolute Gasteiger partial charge is 0.191 e. The van der Waals surface area contributed by atoms with Gasteiger partial charge in [0.05, 0.1) is 19.3 Å². The molecule has 0 saturated carbocycles. The summed E-state index contributed by atoms with van der Waals surface area (Å²) in [6.07, 6.45) is 3.58. The van der Waals surface area contributed by atoms with Gasteiger partial charge in [-0.05, 0) is 12.1 Å². The van der Waals surface area contributed by atoms with Crippen LogP contribution in [0.4, 0.5) is 5.69 Å². The predicted octanol–water partition coefficient (Wildman–Crippen LogP) is 2.26. The van der Waals surface area contributed by atoms with Crippen LogP contribution < -0.4 is 4.90 Å². The molecule has 2 aromatic heterocycles. The van der Waals surface area contributed by atoms with Gasteiger partial charge in [0, 0.05) is 19.7 Å². The van der Waals surface area contributed by atoms with E-state index >= 15 is 0 Å². The Labute approximate surface area is 123 Å². The van der Waals surface area contributed by atoms with Crippen LogP contribution in [0.3, 0.4) is 0 Å². The molecule has 0 aliphatic rings. The molecule has 0 N–H and O–H groups in total. The van der Waals surface area contributed by atoms with Gasteiger partial charge in [-0.25, -0.2) is 9.67 Å². The molecular formula is C15H17N5O. The van der Waals surface area contributed by atoms with Crippen molar-refractivity contribution in [1.29, 1.82) is 0 Å². The SMILES string of the molecule is Cc1nc(Cn2cc(CN(C)c3ccccc3)nn2)co1. The Kier molecular flexibility index (Phi) is 3.68. The standard InChI is InChI=1S/C15H17N5O/c1-12-16-14(11-21-12)10-20-9-13(17-18-20)8-19(2)15-6-4-3-5-7-15/h3-7,9,11H,8,10H2,1-2H3. The van der Waals surface area contributed by atoms with Gasteiger partial charge >= 0.3 is 0 Å². The summed E-state index contributed by atoms with van der Waals surface area (Å²) in [5, 5.41) is 8.32. The van der Waals surface area contributed by atoms with Crippen LogP contribution in [0.15, 0.2) is 47.2 Å². The zero-order chi connectivity index (χ0) is 14.7. The summed E-state index contributed by atoms with van der Waals surface area (Å²) < 4.78 is 6.95. The lowest BCUT2D eigenvalue weighted by molar-refractivity contribution is 0.519. The molecule has 0 unspecified atom stereocenters. The van der Waals surface area contributed by atoms with E-state index in [4.69, 9.17) is 4.42 Å². The second kappa shape index (κ2) is 5.78. The number of aromatic nitrogens is 4. The van der Waals surface area contributed by atoms with Gasteiger partial charge in [-0.1, -0.05) is 23.4 Å². The van der Waals surface area contributed by atoms with Crippen molar-refractivity contribution in [2.24, 2.45) is 0 Å². The maximum absolute atomic E-state index is 5.19. The van der Waals surface area contributed by atoms with Gasteiger partial charge in [-0.3, -0.25) is 0 Å². The maximum atomic E-state index is 5.19. The molecule has 1 aromatic carbocycles. The molecule has 0 radical (unpaired) electrons. The Hall–Kier alpha value is -2.63. The first-order valence-corrected chi connectivity index (χ1v) is 6.77. The molecule has 0 aliphatic carbocycles. The van der Waals surface area contributed by atoms with E-state index in [9.17, 15) is 0 Å². The van der Waals surface area contributed by atoms with Gasteiger partial charge in [0.25, 0.3) is 0 Å². The summed E-state index contributed by atoms with van der Waals surface area (Å²) in [7, 11) is 2.04. The Morgan fingerprint density at radius 1 is 1.19 bits per heavy atom. The average molecular weight is 283 g/mol. The van der Waals surface area contributed by atoms with Crippen molar-refractivity contribution in [1.82, 2.24) is 20.0 Å². The van der Waals surface area contributed by atoms with Crippen LogP contribution in [0.1, 0.15) is 17.3 Å². The van der Waals surface area contributed by atoms with E-state index in [0.29, 0.717) is 19.0 Å². The largest absolute Gasteiger partial charge is 0.449 e. The minimum atomic E-state index is 0.569. The number of oxazole rings is 1. The van der Waals surface area contributed by atoms with Crippen molar-refractivity contribution in [2.45, 2.75) is 20.0 Å². The van der Waals surface area contributed by atoms with Gasteiger partial charge in [0.1, 0.15) is 17.7 Å². The van der Waals surface area contributed by atoms with Crippen LogP contribution in [0.25, 0.3) is 0 Å². The molecule has 3 rings (SSSR count). The lowest BCUT2D eigenvalue weighted by Gasteiger charge is -2.17. The number of benzene rings is 1. The molecule has 6 nitrogen and oxygen atoms in total. The van der Waals surface area contributed by atoms with E-state index in [0.717, 1.165) is 17.1 Å². The number of hydrogen-bond acceptors (Lipinski definition) is 5. The van der Waals surface area contributed by atoms with Crippen LogP contribution in [0.2, 0.25) is 0 Å². The first-order chi connectivity index (χ1) is 10.2. The van der Waals surface area contributed by atoms with Gasteiger partial charge in [0.15, 0.2) is 5.89 Å². The Morgan fingerprint density at radius 2 is 2.00 bits per heavy atom. The molecular weight excluding hydrogens is 266 g/mol. The fourth-order valence-corrected chi connectivity index (χ4v) is 2.15. The van der Waals surface area contributed by atoms with Crippen molar-refractivity contribution in [3.8, 4) is 0 Å². The highest BCUT2D eigenvalue weighted by molar-refractivity contribution is 5.45. The number of para-hydroxylation sites is 1. The third-order valence-corrected chi connectivity index (χ3v) is 3.17. The van der Waals surface area contributed by atoms with Crippen molar-refractivity contribution >= 4 is 5.69 Å². The summed E-state index contributed by atoms with van der Waals surface area (Å²) in [6, 6.07) is 10.2. The summed E-state index contributed by atoms with van der Waals surface area (Å²) in [5.74, 6) is 0.661. The van der Waals surface area contributed by atoms with Crippen molar-refractivity contribution in [3.63, 3.8) is 0 Å². The van der Waals surface area contributed by atoms with Crippen molar-refractivity contribution in [2.75, 3.05) is 11.9 Å². The van der Waals surface area contributed by atoms with Crippen LogP contribution in [-0.4, -0.2) is 27.0 Å². The molecule has 0 amide bonds. The monoisotopic (exact) mass is 283 g/mol. The summed E-state index contributed by atoms with van der Waals surface area (Å²) in [5.41, 5.74) is 2.92. The van der Waals surface area contributed by atoms with Crippen LogP contribution in [0, 0.1) is 6.92 Å². The molecule has 0 atom stereocenters. The molecule has 3 aromatic rings. The Bertz CT molecular complexity index is 704. The van der Waals surface area contributed by atoms with E-state index in [1.54, 1.807) is 10.9 Å². The molecule has 108 valence electrons. The van der Waals surface area contributed by atoms with Gasteiger partial charge in [0.2, 0.25) is 0 Å². The fourth-order valence-electron chi connectivity index (χ4n) is 2.15. The molecule has 2 heterocycles. The van der Waals surface area contributed by atoms with Gasteiger partial charge < -0.3 is 9.32 Å². The highest BCUT2D eigenvalue weighted by Gasteiger charge is 2.07. The van der Waals surface area contributed by atoms with E-state index in [-0.39, 0.29) is 0 Å². The molecule has 0 aliphatic heterocycles. The summed E-state index contributed by atoms with van der Waals surface area (Å²) >= 11 is 0. The molecule has 0 spiro atoms. The number of hydrogen-bond donors (Lipinski definition) is 0. The molecule has 0 saturated heterocycles. The Morgan fingerprint density at radius 3 is 2.71 bits per heavy atom.